The molecule has 0 aliphatic heterocycles. The van der Waals surface area contributed by atoms with Gasteiger partial charge in [0, 0.05) is 24.1 Å². The quantitative estimate of drug-likeness (QED) is 0.462. The highest BCUT2D eigenvalue weighted by molar-refractivity contribution is 6.48. The van der Waals surface area contributed by atoms with Gasteiger partial charge >= 0.3 is 9.28 Å². The topological polar surface area (TPSA) is 18.5 Å². The molecule has 0 saturated carbocycles. The van der Waals surface area contributed by atoms with Crippen LogP contribution in [0.1, 0.15) is 47.0 Å². The first kappa shape index (κ1) is 15.4. The summed E-state index contributed by atoms with van der Waals surface area (Å²) < 4.78 is 11.5. The smallest absolute Gasteiger partial charge is 0.326 e. The Hall–Kier alpha value is 0.427. The summed E-state index contributed by atoms with van der Waals surface area (Å²) in [5, 5.41) is 0.208. The van der Waals surface area contributed by atoms with Crippen LogP contribution in [-0.2, 0) is 8.85 Å². The fourth-order valence-electron chi connectivity index (χ4n) is 1.75. The van der Waals surface area contributed by atoms with Gasteiger partial charge in [0.15, 0.2) is 0 Å². The van der Waals surface area contributed by atoms with Crippen molar-refractivity contribution in [1.29, 1.82) is 0 Å². The normalized spacial score (nSPS) is 15.6. The van der Waals surface area contributed by atoms with E-state index in [4.69, 9.17) is 20.5 Å². The van der Waals surface area contributed by atoms with Gasteiger partial charge in [-0.3, -0.25) is 0 Å². The molecule has 2 atom stereocenters. The summed E-state index contributed by atoms with van der Waals surface area (Å²) >= 11 is 6.35. The van der Waals surface area contributed by atoms with Crippen LogP contribution in [0.3, 0.4) is 0 Å². The Balaban J connectivity index is 4.35. The summed E-state index contributed by atoms with van der Waals surface area (Å²) in [6.45, 7) is 9.85. The zero-order chi connectivity index (χ0) is 11.7. The maximum Gasteiger partial charge on any atom is 0.326 e. The second-order valence-corrected chi connectivity index (χ2v) is 6.48. The van der Waals surface area contributed by atoms with Crippen LogP contribution in [-0.4, -0.2) is 27.9 Å². The van der Waals surface area contributed by atoms with Gasteiger partial charge in [-0.1, -0.05) is 20.3 Å². The first-order valence-corrected chi connectivity index (χ1v) is 8.12. The van der Waals surface area contributed by atoms with Gasteiger partial charge in [0.1, 0.15) is 0 Å². The Morgan fingerprint density at radius 1 is 1.07 bits per heavy atom. The Labute approximate surface area is 101 Å². The van der Waals surface area contributed by atoms with Crippen molar-refractivity contribution in [3.05, 3.63) is 0 Å². The van der Waals surface area contributed by atoms with Crippen molar-refractivity contribution in [3.8, 4) is 0 Å². The molecule has 0 rings (SSSR count). The van der Waals surface area contributed by atoms with Gasteiger partial charge in [0.25, 0.3) is 0 Å². The molecule has 2 unspecified atom stereocenters. The minimum Gasteiger partial charge on any atom is -0.397 e. The molecule has 0 aromatic carbocycles. The average Bonchev–Trinajstić information content (AvgIpc) is 2.25. The van der Waals surface area contributed by atoms with Gasteiger partial charge < -0.3 is 8.85 Å². The molecule has 0 spiro atoms. The van der Waals surface area contributed by atoms with Gasteiger partial charge in [-0.2, -0.15) is 0 Å². The van der Waals surface area contributed by atoms with Gasteiger partial charge in [-0.15, -0.1) is 11.6 Å². The molecule has 2 nitrogen and oxygen atoms in total. The number of rotatable bonds is 9. The number of halogens is 1. The van der Waals surface area contributed by atoms with E-state index in [1.807, 2.05) is 13.8 Å². The molecule has 4 heteroatoms. The van der Waals surface area contributed by atoms with Gasteiger partial charge in [-0.05, 0) is 26.7 Å². The van der Waals surface area contributed by atoms with Crippen molar-refractivity contribution in [2.24, 2.45) is 0 Å². The second kappa shape index (κ2) is 9.64. The van der Waals surface area contributed by atoms with Crippen LogP contribution in [0.2, 0.25) is 5.54 Å². The van der Waals surface area contributed by atoms with Crippen LogP contribution in [0, 0.1) is 0 Å². The molecule has 0 aliphatic carbocycles. The summed E-state index contributed by atoms with van der Waals surface area (Å²) in [6, 6.07) is 0. The lowest BCUT2D eigenvalue weighted by Crippen LogP contribution is -2.34. The Kier molecular flexibility index (Phi) is 9.91. The summed E-state index contributed by atoms with van der Waals surface area (Å²) in [7, 11) is -1.57. The molecular weight excluding hydrogens is 228 g/mol. The zero-order valence-corrected chi connectivity index (χ0v) is 12.4. The summed E-state index contributed by atoms with van der Waals surface area (Å²) in [6.07, 6.45) is 3.27. The lowest BCUT2D eigenvalue weighted by Gasteiger charge is -2.27. The second-order valence-electron chi connectivity index (χ2n) is 3.66. The zero-order valence-electron chi connectivity index (χ0n) is 10.5. The van der Waals surface area contributed by atoms with Crippen LogP contribution < -0.4 is 0 Å². The molecule has 0 amide bonds. The average molecular weight is 253 g/mol. The SMILES string of the molecule is CCCC(C(Cl)CC)[SiH](OCC)OCC. The Morgan fingerprint density at radius 3 is 1.93 bits per heavy atom. The number of hydrogen-bond donors (Lipinski definition) is 0. The molecule has 0 aromatic heterocycles. The van der Waals surface area contributed by atoms with Crippen molar-refractivity contribution >= 4 is 20.9 Å². The maximum absolute atomic E-state index is 6.35. The predicted octanol–water partition coefficient (Wildman–Crippen LogP) is 3.47. The minimum absolute atomic E-state index is 0.208. The molecule has 0 heterocycles. The molecule has 0 saturated heterocycles. The highest BCUT2D eigenvalue weighted by atomic mass is 35.5. The molecule has 15 heavy (non-hydrogen) atoms. The lowest BCUT2D eigenvalue weighted by atomic mass is 10.1. The van der Waals surface area contributed by atoms with Crippen LogP contribution in [0.4, 0.5) is 0 Å². The van der Waals surface area contributed by atoms with E-state index in [-0.39, 0.29) is 5.38 Å². The maximum atomic E-state index is 6.35. The third-order valence-corrected chi connectivity index (χ3v) is 6.19. The van der Waals surface area contributed by atoms with Crippen molar-refractivity contribution in [2.45, 2.75) is 57.9 Å². The van der Waals surface area contributed by atoms with E-state index in [0.29, 0.717) is 5.54 Å². The standard InChI is InChI=1S/C11H25ClO2Si/c1-5-9-11(10(12)6-2)15(13-7-3)14-8-4/h10-11,15H,5-9H2,1-4H3. The summed E-state index contributed by atoms with van der Waals surface area (Å²) in [5.41, 5.74) is 0.446. The highest BCUT2D eigenvalue weighted by Crippen LogP contribution is 2.29. The van der Waals surface area contributed by atoms with Gasteiger partial charge in [0.05, 0.1) is 0 Å². The van der Waals surface area contributed by atoms with Gasteiger partial charge in [-0.25, -0.2) is 0 Å². The lowest BCUT2D eigenvalue weighted by molar-refractivity contribution is 0.200. The van der Waals surface area contributed by atoms with Crippen LogP contribution in [0.5, 0.6) is 0 Å². The molecule has 0 N–H and O–H groups in total. The molecule has 0 fully saturated rings. The highest BCUT2D eigenvalue weighted by Gasteiger charge is 2.30. The van der Waals surface area contributed by atoms with Crippen molar-refractivity contribution in [1.82, 2.24) is 0 Å². The first-order chi connectivity index (χ1) is 7.21. The van der Waals surface area contributed by atoms with Crippen molar-refractivity contribution in [2.75, 3.05) is 13.2 Å². The molecule has 0 aromatic rings. The third-order valence-electron chi connectivity index (χ3n) is 2.49. The van der Waals surface area contributed by atoms with E-state index in [1.54, 1.807) is 0 Å². The largest absolute Gasteiger partial charge is 0.397 e. The predicted molar refractivity (Wildman–Crippen MR) is 69.0 cm³/mol. The molecular formula is C11H25ClO2Si. The van der Waals surface area contributed by atoms with E-state index in [1.165, 1.54) is 0 Å². The molecule has 0 aliphatic rings. The Bertz CT molecular complexity index is 141. The van der Waals surface area contributed by atoms with Gasteiger partial charge in [0.2, 0.25) is 0 Å². The minimum atomic E-state index is -1.57. The fraction of sp³-hybridized carbons (Fsp3) is 1.00. The van der Waals surface area contributed by atoms with Crippen molar-refractivity contribution < 1.29 is 8.85 Å². The van der Waals surface area contributed by atoms with E-state index in [2.05, 4.69) is 13.8 Å². The van der Waals surface area contributed by atoms with Crippen molar-refractivity contribution in [3.63, 3.8) is 0 Å². The van der Waals surface area contributed by atoms with Crippen LogP contribution in [0.15, 0.2) is 0 Å². The fourth-order valence-corrected chi connectivity index (χ4v) is 4.70. The summed E-state index contributed by atoms with van der Waals surface area (Å²) in [5.74, 6) is 0. The third kappa shape index (κ3) is 5.90. The molecule has 0 radical (unpaired) electrons. The first-order valence-electron chi connectivity index (χ1n) is 6.08. The number of hydrogen-bond acceptors (Lipinski definition) is 2. The van der Waals surface area contributed by atoms with Crippen LogP contribution >= 0.6 is 11.6 Å². The van der Waals surface area contributed by atoms with E-state index in [0.717, 1.165) is 32.5 Å². The van der Waals surface area contributed by atoms with E-state index < -0.39 is 9.28 Å². The van der Waals surface area contributed by atoms with E-state index in [9.17, 15) is 0 Å². The molecule has 92 valence electrons. The number of alkyl halides is 1. The summed E-state index contributed by atoms with van der Waals surface area (Å²) in [4.78, 5) is 0. The van der Waals surface area contributed by atoms with E-state index >= 15 is 0 Å². The van der Waals surface area contributed by atoms with Crippen LogP contribution in [0.25, 0.3) is 0 Å². The Morgan fingerprint density at radius 2 is 1.60 bits per heavy atom. The monoisotopic (exact) mass is 252 g/mol. The molecule has 0 bridgehead atoms.